The van der Waals surface area contributed by atoms with Crippen molar-refractivity contribution in [3.63, 3.8) is 0 Å². The molecule has 2 heterocycles. The third-order valence-corrected chi connectivity index (χ3v) is 3.71. The predicted octanol–water partition coefficient (Wildman–Crippen LogP) is 1.07. The Morgan fingerprint density at radius 1 is 1.50 bits per heavy atom. The third-order valence-electron chi connectivity index (χ3n) is 3.26. The third kappa shape index (κ3) is 1.96. The van der Waals surface area contributed by atoms with Gasteiger partial charge in [-0.3, -0.25) is 9.48 Å². The number of aliphatic carboxylic acids is 1. The molecule has 0 aromatic carbocycles. The van der Waals surface area contributed by atoms with Crippen molar-refractivity contribution in [2.75, 3.05) is 6.54 Å². The highest BCUT2D eigenvalue weighted by Gasteiger charge is 2.36. The molecule has 1 fully saturated rings. The van der Waals surface area contributed by atoms with Crippen molar-refractivity contribution < 1.29 is 14.7 Å². The molecule has 0 saturated carbocycles. The number of carbonyl (C=O) groups excluding carboxylic acids is 1. The Hall–Kier alpha value is -1.56. The van der Waals surface area contributed by atoms with Crippen molar-refractivity contribution >= 4 is 23.5 Å². The predicted molar refractivity (Wildman–Crippen MR) is 64.6 cm³/mol. The summed E-state index contributed by atoms with van der Waals surface area (Å²) in [6, 6.07) is -0.768. The number of hydrogen-bond donors (Lipinski definition) is 1. The number of aromatic nitrogens is 2. The van der Waals surface area contributed by atoms with Crippen molar-refractivity contribution in [2.24, 2.45) is 7.05 Å². The van der Waals surface area contributed by atoms with Crippen LogP contribution in [0.15, 0.2) is 0 Å². The number of likely N-dealkylation sites (tertiary alicyclic amines) is 1. The van der Waals surface area contributed by atoms with Crippen LogP contribution < -0.4 is 0 Å². The molecule has 6 nitrogen and oxygen atoms in total. The molecular weight excluding hydrogens is 258 g/mol. The van der Waals surface area contributed by atoms with Gasteiger partial charge in [-0.2, -0.15) is 5.10 Å². The number of carboxylic acids is 1. The van der Waals surface area contributed by atoms with E-state index in [0.29, 0.717) is 30.1 Å². The van der Waals surface area contributed by atoms with Crippen LogP contribution in [0, 0.1) is 6.92 Å². The molecule has 1 N–H and O–H groups in total. The standard InChI is InChI=1S/C11H14ClN3O3/c1-6-8(12)9(13-14(6)2)10(16)15-5-3-4-7(15)11(17)18/h7H,3-5H2,1-2H3,(H,17,18)/t7-/m0/s1. The second kappa shape index (κ2) is 4.61. The Labute approximate surface area is 109 Å². The minimum atomic E-state index is -0.982. The summed E-state index contributed by atoms with van der Waals surface area (Å²) in [6.07, 6.45) is 1.16. The van der Waals surface area contributed by atoms with E-state index in [-0.39, 0.29) is 5.69 Å². The van der Waals surface area contributed by atoms with Gasteiger partial charge < -0.3 is 10.0 Å². The summed E-state index contributed by atoms with van der Waals surface area (Å²) < 4.78 is 1.52. The van der Waals surface area contributed by atoms with Gasteiger partial charge in [-0.15, -0.1) is 0 Å². The Balaban J connectivity index is 2.31. The lowest BCUT2D eigenvalue weighted by molar-refractivity contribution is -0.141. The topological polar surface area (TPSA) is 75.4 Å². The fourth-order valence-corrected chi connectivity index (χ4v) is 2.36. The summed E-state index contributed by atoms with van der Waals surface area (Å²) >= 11 is 6.04. The average molecular weight is 272 g/mol. The number of carbonyl (C=O) groups is 2. The van der Waals surface area contributed by atoms with Gasteiger partial charge in [-0.25, -0.2) is 4.79 Å². The Morgan fingerprint density at radius 3 is 2.67 bits per heavy atom. The van der Waals surface area contributed by atoms with Gasteiger partial charge in [0.25, 0.3) is 5.91 Å². The SMILES string of the molecule is Cc1c(Cl)c(C(=O)N2CCC[C@H]2C(=O)O)nn1C. The summed E-state index contributed by atoms with van der Waals surface area (Å²) in [5.41, 5.74) is 0.816. The summed E-state index contributed by atoms with van der Waals surface area (Å²) in [7, 11) is 1.69. The van der Waals surface area contributed by atoms with Crippen LogP contribution in [0.5, 0.6) is 0 Å². The van der Waals surface area contributed by atoms with Gasteiger partial charge in [0, 0.05) is 13.6 Å². The van der Waals surface area contributed by atoms with Gasteiger partial charge in [-0.1, -0.05) is 11.6 Å². The fraction of sp³-hybridized carbons (Fsp3) is 0.545. The molecule has 1 saturated heterocycles. The maximum absolute atomic E-state index is 12.3. The van der Waals surface area contributed by atoms with Crippen LogP contribution in [0.25, 0.3) is 0 Å². The molecule has 1 aliphatic heterocycles. The zero-order valence-electron chi connectivity index (χ0n) is 10.2. The minimum absolute atomic E-state index is 0.129. The molecule has 0 spiro atoms. The van der Waals surface area contributed by atoms with Crippen molar-refractivity contribution in [3.8, 4) is 0 Å². The lowest BCUT2D eigenvalue weighted by atomic mass is 10.2. The maximum Gasteiger partial charge on any atom is 0.326 e. The molecule has 7 heteroatoms. The molecule has 1 aromatic rings. The van der Waals surface area contributed by atoms with Crippen LogP contribution in [0.1, 0.15) is 29.0 Å². The number of halogens is 1. The Morgan fingerprint density at radius 2 is 2.17 bits per heavy atom. The molecule has 98 valence electrons. The first-order chi connectivity index (χ1) is 8.43. The quantitative estimate of drug-likeness (QED) is 0.873. The van der Waals surface area contributed by atoms with Gasteiger partial charge in [-0.05, 0) is 19.8 Å². The van der Waals surface area contributed by atoms with E-state index in [1.807, 2.05) is 0 Å². The van der Waals surface area contributed by atoms with Crippen LogP contribution in [0.4, 0.5) is 0 Å². The molecule has 1 amide bonds. The Bertz CT molecular complexity index is 512. The van der Waals surface area contributed by atoms with Crippen molar-refractivity contribution in [2.45, 2.75) is 25.8 Å². The number of aryl methyl sites for hydroxylation is 1. The van der Waals surface area contributed by atoms with Crippen LogP contribution >= 0.6 is 11.6 Å². The van der Waals surface area contributed by atoms with E-state index in [2.05, 4.69) is 5.10 Å². The van der Waals surface area contributed by atoms with E-state index in [9.17, 15) is 9.59 Å². The first-order valence-corrected chi connectivity index (χ1v) is 6.04. The van der Waals surface area contributed by atoms with E-state index in [1.54, 1.807) is 14.0 Å². The zero-order valence-corrected chi connectivity index (χ0v) is 10.9. The first kappa shape index (κ1) is 12.9. The van der Waals surface area contributed by atoms with Crippen LogP contribution in [-0.2, 0) is 11.8 Å². The highest BCUT2D eigenvalue weighted by atomic mass is 35.5. The average Bonchev–Trinajstić information content (AvgIpc) is 2.89. The van der Waals surface area contributed by atoms with Crippen molar-refractivity contribution in [1.29, 1.82) is 0 Å². The summed E-state index contributed by atoms with van der Waals surface area (Å²) in [5, 5.41) is 13.4. The monoisotopic (exact) mass is 271 g/mol. The van der Waals surface area contributed by atoms with Crippen molar-refractivity contribution in [1.82, 2.24) is 14.7 Å². The van der Waals surface area contributed by atoms with E-state index < -0.39 is 17.9 Å². The van der Waals surface area contributed by atoms with Gasteiger partial charge >= 0.3 is 5.97 Å². The zero-order chi connectivity index (χ0) is 13.4. The molecule has 0 radical (unpaired) electrons. The van der Waals surface area contributed by atoms with Gasteiger partial charge in [0.1, 0.15) is 6.04 Å². The largest absolute Gasteiger partial charge is 0.480 e. The van der Waals surface area contributed by atoms with Gasteiger partial charge in [0.2, 0.25) is 0 Å². The first-order valence-electron chi connectivity index (χ1n) is 5.66. The maximum atomic E-state index is 12.3. The number of amides is 1. The summed E-state index contributed by atoms with van der Waals surface area (Å²) in [6.45, 7) is 2.19. The number of hydrogen-bond acceptors (Lipinski definition) is 3. The van der Waals surface area contributed by atoms with E-state index in [1.165, 1.54) is 9.58 Å². The lowest BCUT2D eigenvalue weighted by Crippen LogP contribution is -2.40. The lowest BCUT2D eigenvalue weighted by Gasteiger charge is -2.20. The molecule has 0 aliphatic carbocycles. The molecular formula is C11H14ClN3O3. The molecule has 18 heavy (non-hydrogen) atoms. The van der Waals surface area contributed by atoms with Crippen LogP contribution in [0.3, 0.4) is 0 Å². The normalized spacial score (nSPS) is 19.3. The fourth-order valence-electron chi connectivity index (χ4n) is 2.12. The summed E-state index contributed by atoms with van der Waals surface area (Å²) in [5.74, 6) is -1.39. The van der Waals surface area contributed by atoms with Crippen molar-refractivity contribution in [3.05, 3.63) is 16.4 Å². The Kier molecular flexibility index (Phi) is 3.30. The van der Waals surface area contributed by atoms with E-state index in [0.717, 1.165) is 0 Å². The number of nitrogens with zero attached hydrogens (tertiary/aromatic N) is 3. The molecule has 2 rings (SSSR count). The highest BCUT2D eigenvalue weighted by Crippen LogP contribution is 2.25. The molecule has 1 aliphatic rings. The number of carboxylic acid groups (broad SMARTS) is 1. The van der Waals surface area contributed by atoms with Gasteiger partial charge in [0.15, 0.2) is 5.69 Å². The second-order valence-corrected chi connectivity index (χ2v) is 4.74. The van der Waals surface area contributed by atoms with E-state index in [4.69, 9.17) is 16.7 Å². The molecule has 0 bridgehead atoms. The number of rotatable bonds is 2. The van der Waals surface area contributed by atoms with Crippen LogP contribution in [-0.4, -0.2) is 44.3 Å². The minimum Gasteiger partial charge on any atom is -0.480 e. The van der Waals surface area contributed by atoms with Gasteiger partial charge in [0.05, 0.1) is 10.7 Å². The van der Waals surface area contributed by atoms with Crippen LogP contribution in [0.2, 0.25) is 5.02 Å². The summed E-state index contributed by atoms with van der Waals surface area (Å²) in [4.78, 5) is 24.6. The highest BCUT2D eigenvalue weighted by molar-refractivity contribution is 6.34. The molecule has 1 atom stereocenters. The molecule has 1 aromatic heterocycles. The second-order valence-electron chi connectivity index (χ2n) is 4.37. The smallest absolute Gasteiger partial charge is 0.326 e. The van der Waals surface area contributed by atoms with E-state index >= 15 is 0 Å². The molecule has 0 unspecified atom stereocenters.